The second-order valence-electron chi connectivity index (χ2n) is 8.97. The van der Waals surface area contributed by atoms with E-state index in [4.69, 9.17) is 4.89 Å². The van der Waals surface area contributed by atoms with Crippen LogP contribution in [0.15, 0.2) is 0 Å². The third kappa shape index (κ3) is 7.54. The van der Waals surface area contributed by atoms with Crippen LogP contribution in [-0.4, -0.2) is 93.4 Å². The molecule has 0 aromatic rings. The predicted octanol–water partition coefficient (Wildman–Crippen LogP) is 9.28. The first kappa shape index (κ1) is 43.3. The fourth-order valence-corrected chi connectivity index (χ4v) is 6.96. The molecule has 0 saturated carbocycles. The molecular weight excluding hydrogens is 781 g/mol. The summed E-state index contributed by atoms with van der Waals surface area (Å²) in [6.45, 7) is -2.96. The standard InChI is InChI=1S/C17H13F22O4PS2/c18-8(19,10(22,23)12(26,27)14(30,31)16(34,35)36)1-3-45-7(5-42-44(40,41)43-6-7)46-4-2-9(20,21)11(24,25)13(28,29)15(32,33)17(37,38)39/h1-6H2,(H,40,41). The lowest BCUT2D eigenvalue weighted by Gasteiger charge is -2.39. The van der Waals surface area contributed by atoms with Gasteiger partial charge in [-0.2, -0.15) is 96.6 Å². The Hall–Kier alpha value is -0.730. The Kier molecular flexibility index (Phi) is 11.8. The van der Waals surface area contributed by atoms with E-state index in [1.54, 1.807) is 0 Å². The summed E-state index contributed by atoms with van der Waals surface area (Å²) in [5.74, 6) is -62.7. The number of phosphoric acid groups is 1. The molecule has 46 heavy (non-hydrogen) atoms. The molecule has 1 aliphatic heterocycles. The zero-order valence-electron chi connectivity index (χ0n) is 21.0. The van der Waals surface area contributed by atoms with Gasteiger partial charge in [0, 0.05) is 24.3 Å². The molecule has 0 aromatic carbocycles. The highest BCUT2D eigenvalue weighted by Gasteiger charge is 2.88. The lowest BCUT2D eigenvalue weighted by Crippen LogP contribution is -2.66. The van der Waals surface area contributed by atoms with E-state index in [0.717, 1.165) is 0 Å². The second kappa shape index (κ2) is 12.5. The van der Waals surface area contributed by atoms with Gasteiger partial charge in [-0.3, -0.25) is 9.05 Å². The molecule has 1 heterocycles. The van der Waals surface area contributed by atoms with Crippen molar-refractivity contribution in [1.82, 2.24) is 0 Å². The molecular formula is C17H13F22O4PS2. The van der Waals surface area contributed by atoms with Crippen molar-refractivity contribution in [2.45, 2.75) is 76.7 Å². The maximum absolute atomic E-state index is 14.0. The normalized spacial score (nSPS) is 19.8. The zero-order chi connectivity index (χ0) is 37.1. The van der Waals surface area contributed by atoms with E-state index in [9.17, 15) is 101 Å². The summed E-state index contributed by atoms with van der Waals surface area (Å²) < 4.78 is 306. The number of phosphoric ester groups is 1. The van der Waals surface area contributed by atoms with Crippen molar-refractivity contribution in [2.24, 2.45) is 0 Å². The van der Waals surface area contributed by atoms with Crippen molar-refractivity contribution in [2.75, 3.05) is 24.7 Å². The summed E-state index contributed by atoms with van der Waals surface area (Å²) in [4.78, 5) is 9.15. The van der Waals surface area contributed by atoms with Crippen LogP contribution in [0.25, 0.3) is 0 Å². The Morgan fingerprint density at radius 3 is 1.00 bits per heavy atom. The SMILES string of the molecule is O=P1(O)OCC(SCCC(F)(F)C(F)(F)C(F)(F)C(F)(F)C(F)(F)F)(SCCC(F)(F)C(F)(F)C(F)(F)C(F)(F)C(F)(F)F)CO1. The van der Waals surface area contributed by atoms with Gasteiger partial charge in [0.2, 0.25) is 0 Å². The lowest BCUT2D eigenvalue weighted by molar-refractivity contribution is -0.422. The number of halogens is 22. The van der Waals surface area contributed by atoms with Gasteiger partial charge in [-0.1, -0.05) is 0 Å². The van der Waals surface area contributed by atoms with Gasteiger partial charge < -0.3 is 4.89 Å². The van der Waals surface area contributed by atoms with Crippen LogP contribution in [0, 0.1) is 0 Å². The quantitative estimate of drug-likeness (QED) is 0.108. The van der Waals surface area contributed by atoms with Gasteiger partial charge in [0.1, 0.15) is 4.08 Å². The third-order valence-corrected chi connectivity index (χ3v) is 9.62. The van der Waals surface area contributed by atoms with Gasteiger partial charge in [0.05, 0.1) is 13.2 Å². The summed E-state index contributed by atoms with van der Waals surface area (Å²) in [5, 5.41) is 0. The monoisotopic (exact) mass is 794 g/mol. The van der Waals surface area contributed by atoms with Gasteiger partial charge in [0.25, 0.3) is 0 Å². The van der Waals surface area contributed by atoms with E-state index in [0.29, 0.717) is 0 Å². The molecule has 0 aliphatic carbocycles. The summed E-state index contributed by atoms with van der Waals surface area (Å²) >= 11 is -0.906. The fourth-order valence-electron chi connectivity index (χ4n) is 2.90. The van der Waals surface area contributed by atoms with Crippen LogP contribution in [0.4, 0.5) is 96.6 Å². The number of thioether (sulfide) groups is 2. The summed E-state index contributed by atoms with van der Waals surface area (Å²) in [5.41, 5.74) is 0. The summed E-state index contributed by atoms with van der Waals surface area (Å²) in [7, 11) is -5.10. The molecule has 0 radical (unpaired) electrons. The molecule has 29 heteroatoms. The van der Waals surface area contributed by atoms with Crippen LogP contribution >= 0.6 is 31.3 Å². The van der Waals surface area contributed by atoms with Gasteiger partial charge in [-0.25, -0.2) is 4.57 Å². The van der Waals surface area contributed by atoms with Crippen molar-refractivity contribution in [3.05, 3.63) is 0 Å². The molecule has 1 aliphatic rings. The number of rotatable bonds is 14. The Balaban J connectivity index is 3.22. The van der Waals surface area contributed by atoms with Crippen molar-refractivity contribution >= 4 is 31.3 Å². The number of hydrogen-bond acceptors (Lipinski definition) is 5. The molecule has 1 fully saturated rings. The molecule has 0 aromatic heterocycles. The minimum atomic E-state index is -7.82. The maximum Gasteiger partial charge on any atom is 0.472 e. The predicted molar refractivity (Wildman–Crippen MR) is 110 cm³/mol. The van der Waals surface area contributed by atoms with Crippen LogP contribution in [0.2, 0.25) is 0 Å². The highest BCUT2D eigenvalue weighted by molar-refractivity contribution is 8.18. The molecule has 0 atom stereocenters. The average Bonchev–Trinajstić information content (AvgIpc) is 2.83. The molecule has 276 valence electrons. The second-order valence-corrected chi connectivity index (χ2v) is 13.6. The van der Waals surface area contributed by atoms with E-state index >= 15 is 0 Å². The molecule has 0 bridgehead atoms. The van der Waals surface area contributed by atoms with Gasteiger partial charge in [-0.05, 0) is 0 Å². The van der Waals surface area contributed by atoms with E-state index < -0.39 is 133 Å². The molecule has 1 rings (SSSR count). The van der Waals surface area contributed by atoms with Gasteiger partial charge in [-0.15, -0.1) is 23.5 Å². The largest absolute Gasteiger partial charge is 0.472 e. The third-order valence-electron chi connectivity index (χ3n) is 5.67. The van der Waals surface area contributed by atoms with Crippen LogP contribution in [0.5, 0.6) is 0 Å². The van der Waals surface area contributed by atoms with Crippen LogP contribution < -0.4 is 0 Å². The van der Waals surface area contributed by atoms with Crippen molar-refractivity contribution in [1.29, 1.82) is 0 Å². The molecule has 0 spiro atoms. The molecule has 1 saturated heterocycles. The topological polar surface area (TPSA) is 55.8 Å². The van der Waals surface area contributed by atoms with E-state index in [-0.39, 0.29) is 0 Å². The minimum Gasteiger partial charge on any atom is -0.302 e. The van der Waals surface area contributed by atoms with Crippen molar-refractivity contribution in [3.63, 3.8) is 0 Å². The zero-order valence-corrected chi connectivity index (χ0v) is 23.5. The van der Waals surface area contributed by atoms with Gasteiger partial charge >= 0.3 is 67.6 Å². The molecule has 1 N–H and O–H groups in total. The Bertz CT molecular complexity index is 1040. The molecule has 4 nitrogen and oxygen atoms in total. The molecule has 0 unspecified atom stereocenters. The van der Waals surface area contributed by atoms with E-state index in [1.165, 1.54) is 0 Å². The van der Waals surface area contributed by atoms with Crippen molar-refractivity contribution in [3.8, 4) is 0 Å². The first-order valence-corrected chi connectivity index (χ1v) is 14.3. The maximum atomic E-state index is 14.0. The number of hydrogen-bond donors (Lipinski definition) is 1. The Morgan fingerprint density at radius 2 is 0.761 bits per heavy atom. The Morgan fingerprint density at radius 1 is 0.500 bits per heavy atom. The minimum absolute atomic E-state index is 0.453. The average molecular weight is 794 g/mol. The number of alkyl halides is 22. The highest BCUT2D eigenvalue weighted by Crippen LogP contribution is 2.61. The molecule has 0 amide bonds. The lowest BCUT2D eigenvalue weighted by atomic mass is 9.96. The van der Waals surface area contributed by atoms with Crippen LogP contribution in [0.1, 0.15) is 12.8 Å². The van der Waals surface area contributed by atoms with E-state index in [1.807, 2.05) is 0 Å². The first-order valence-electron chi connectivity index (χ1n) is 10.9. The van der Waals surface area contributed by atoms with E-state index in [2.05, 4.69) is 9.05 Å². The smallest absolute Gasteiger partial charge is 0.302 e. The van der Waals surface area contributed by atoms with Crippen LogP contribution in [-0.2, 0) is 13.6 Å². The van der Waals surface area contributed by atoms with Crippen molar-refractivity contribution < 1.29 is 115 Å². The Labute approximate surface area is 248 Å². The highest BCUT2D eigenvalue weighted by atomic mass is 32.2. The summed E-state index contributed by atoms with van der Waals surface area (Å²) in [6, 6.07) is 0. The van der Waals surface area contributed by atoms with Gasteiger partial charge in [0.15, 0.2) is 0 Å². The first-order chi connectivity index (χ1) is 19.8. The van der Waals surface area contributed by atoms with Crippen LogP contribution in [0.3, 0.4) is 0 Å². The fraction of sp³-hybridized carbons (Fsp3) is 1.00. The summed E-state index contributed by atoms with van der Waals surface area (Å²) in [6.07, 6.45) is -20.6.